The van der Waals surface area contributed by atoms with Gasteiger partial charge in [0.15, 0.2) is 0 Å². The molecule has 0 aliphatic carbocycles. The number of benzene rings is 3. The number of aliphatic hydroxyl groups excluding tert-OH is 1. The second-order valence-electron chi connectivity index (χ2n) is 9.33. The molecule has 1 unspecified atom stereocenters. The maximum Gasteiger partial charge on any atom is 0.300 e. The van der Waals surface area contributed by atoms with Crippen LogP contribution in [0.4, 0.5) is 5.69 Å². The molecule has 1 N–H and O–H groups in total. The van der Waals surface area contributed by atoms with Gasteiger partial charge < -0.3 is 9.84 Å². The van der Waals surface area contributed by atoms with Crippen LogP contribution in [-0.2, 0) is 16.0 Å². The minimum absolute atomic E-state index is 0.0702. The molecule has 1 atom stereocenters. The van der Waals surface area contributed by atoms with Gasteiger partial charge >= 0.3 is 0 Å². The summed E-state index contributed by atoms with van der Waals surface area (Å²) in [5.41, 5.74) is 4.02. The normalized spacial score (nSPS) is 17.3. The van der Waals surface area contributed by atoms with E-state index in [1.165, 1.54) is 4.90 Å². The van der Waals surface area contributed by atoms with Crippen molar-refractivity contribution < 1.29 is 19.4 Å². The van der Waals surface area contributed by atoms with E-state index in [0.29, 0.717) is 35.1 Å². The smallest absolute Gasteiger partial charge is 0.300 e. The molecule has 0 bridgehead atoms. The highest BCUT2D eigenvalue weighted by molar-refractivity contribution is 6.51. The van der Waals surface area contributed by atoms with E-state index in [0.717, 1.165) is 17.5 Å². The van der Waals surface area contributed by atoms with Gasteiger partial charge in [-0.2, -0.15) is 0 Å². The van der Waals surface area contributed by atoms with E-state index in [4.69, 9.17) is 4.74 Å². The number of carbonyl (C=O) groups excluding carboxylic acids is 2. The van der Waals surface area contributed by atoms with Crippen molar-refractivity contribution in [1.29, 1.82) is 0 Å². The summed E-state index contributed by atoms with van der Waals surface area (Å²) in [6, 6.07) is 21.5. The molecule has 0 spiro atoms. The molecule has 35 heavy (non-hydrogen) atoms. The van der Waals surface area contributed by atoms with Gasteiger partial charge in [0, 0.05) is 11.3 Å². The highest BCUT2D eigenvalue weighted by Gasteiger charge is 2.47. The topological polar surface area (TPSA) is 66.8 Å². The Morgan fingerprint density at radius 3 is 2.31 bits per heavy atom. The first-order chi connectivity index (χ1) is 16.8. The number of hydrogen-bond donors (Lipinski definition) is 1. The minimum Gasteiger partial charge on any atom is -0.507 e. The van der Waals surface area contributed by atoms with E-state index in [-0.39, 0.29) is 11.3 Å². The summed E-state index contributed by atoms with van der Waals surface area (Å²) in [4.78, 5) is 28.1. The number of aryl methyl sites for hydroxylation is 2. The summed E-state index contributed by atoms with van der Waals surface area (Å²) in [5.74, 6) is -0.555. The van der Waals surface area contributed by atoms with Crippen molar-refractivity contribution >= 4 is 23.1 Å². The average Bonchev–Trinajstić information content (AvgIpc) is 3.13. The van der Waals surface area contributed by atoms with Crippen molar-refractivity contribution in [3.63, 3.8) is 0 Å². The average molecular weight is 470 g/mol. The van der Waals surface area contributed by atoms with Gasteiger partial charge in [-0.25, -0.2) is 0 Å². The molecule has 3 aromatic rings. The Bertz CT molecular complexity index is 1260. The molecule has 1 aliphatic rings. The fraction of sp³-hybridized carbons (Fsp3) is 0.267. The van der Waals surface area contributed by atoms with Crippen LogP contribution < -0.4 is 9.64 Å². The standard InChI is InChI=1S/C30H31NO4/c1-5-21-11-13-22(14-12-21)28(32)26-27(23-7-6-8-25(17-23)35-18-19(2)3)31(30(34)29(26)33)24-15-9-20(4)10-16-24/h6-17,19,27,32H,5,18H2,1-4H3/b28-26-. The number of ketones is 1. The predicted molar refractivity (Wildman–Crippen MR) is 139 cm³/mol. The Morgan fingerprint density at radius 2 is 1.69 bits per heavy atom. The molecule has 5 nitrogen and oxygen atoms in total. The Kier molecular flexibility index (Phi) is 7.06. The van der Waals surface area contributed by atoms with Crippen LogP contribution in [0.5, 0.6) is 5.75 Å². The zero-order valence-electron chi connectivity index (χ0n) is 20.6. The number of nitrogens with zero attached hydrogens (tertiary/aromatic N) is 1. The molecule has 0 radical (unpaired) electrons. The Balaban J connectivity index is 1.87. The molecule has 1 amide bonds. The summed E-state index contributed by atoms with van der Waals surface area (Å²) < 4.78 is 5.92. The highest BCUT2D eigenvalue weighted by Crippen LogP contribution is 2.42. The number of hydrogen-bond acceptors (Lipinski definition) is 4. The Hall–Kier alpha value is -3.86. The van der Waals surface area contributed by atoms with Crippen LogP contribution in [0.15, 0.2) is 78.4 Å². The maximum atomic E-state index is 13.3. The monoisotopic (exact) mass is 469 g/mol. The van der Waals surface area contributed by atoms with E-state index in [9.17, 15) is 14.7 Å². The lowest BCUT2D eigenvalue weighted by molar-refractivity contribution is -0.132. The largest absolute Gasteiger partial charge is 0.507 e. The number of aliphatic hydroxyl groups is 1. The number of anilines is 1. The molecule has 1 saturated heterocycles. The zero-order valence-corrected chi connectivity index (χ0v) is 20.6. The van der Waals surface area contributed by atoms with Gasteiger partial charge in [-0.3, -0.25) is 14.5 Å². The maximum absolute atomic E-state index is 13.3. The fourth-order valence-corrected chi connectivity index (χ4v) is 4.21. The van der Waals surface area contributed by atoms with Crippen LogP contribution in [0.2, 0.25) is 0 Å². The number of ether oxygens (including phenoxy) is 1. The third-order valence-electron chi connectivity index (χ3n) is 6.15. The molecule has 0 saturated carbocycles. The van der Waals surface area contributed by atoms with E-state index >= 15 is 0 Å². The molecule has 1 fully saturated rings. The molecule has 180 valence electrons. The van der Waals surface area contributed by atoms with Gasteiger partial charge in [-0.15, -0.1) is 0 Å². The summed E-state index contributed by atoms with van der Waals surface area (Å²) in [7, 11) is 0. The van der Waals surface area contributed by atoms with Gasteiger partial charge in [-0.05, 0) is 54.7 Å². The molecule has 1 heterocycles. The Labute approximate surface area is 206 Å². The predicted octanol–water partition coefficient (Wildman–Crippen LogP) is 6.22. The van der Waals surface area contributed by atoms with Gasteiger partial charge in [-0.1, -0.05) is 74.9 Å². The lowest BCUT2D eigenvalue weighted by Crippen LogP contribution is -2.29. The first kappa shape index (κ1) is 24.3. The van der Waals surface area contributed by atoms with Crippen LogP contribution in [0.25, 0.3) is 5.76 Å². The minimum atomic E-state index is -0.786. The van der Waals surface area contributed by atoms with Crippen LogP contribution in [0, 0.1) is 12.8 Å². The second-order valence-corrected chi connectivity index (χ2v) is 9.33. The number of amides is 1. The van der Waals surface area contributed by atoms with Crippen molar-refractivity contribution in [2.24, 2.45) is 5.92 Å². The van der Waals surface area contributed by atoms with Gasteiger partial charge in [0.2, 0.25) is 0 Å². The van der Waals surface area contributed by atoms with Crippen molar-refractivity contribution in [1.82, 2.24) is 0 Å². The SMILES string of the molecule is CCc1ccc(/C(O)=C2/C(=O)C(=O)N(c3ccc(C)cc3)C2c2cccc(OCC(C)C)c2)cc1. The van der Waals surface area contributed by atoms with Crippen molar-refractivity contribution in [3.8, 4) is 5.75 Å². The van der Waals surface area contributed by atoms with E-state index in [2.05, 4.69) is 20.8 Å². The van der Waals surface area contributed by atoms with Crippen LogP contribution in [0.3, 0.4) is 0 Å². The first-order valence-electron chi connectivity index (χ1n) is 12.0. The molecule has 5 heteroatoms. The fourth-order valence-electron chi connectivity index (χ4n) is 4.21. The number of Topliss-reactive ketones (excluding diaryl/α,β-unsaturated/α-hetero) is 1. The molecule has 3 aromatic carbocycles. The lowest BCUT2D eigenvalue weighted by Gasteiger charge is -2.26. The van der Waals surface area contributed by atoms with Crippen LogP contribution in [0.1, 0.15) is 49.1 Å². The quantitative estimate of drug-likeness (QED) is 0.253. The summed E-state index contributed by atoms with van der Waals surface area (Å²) in [6.45, 7) is 8.70. The third kappa shape index (κ3) is 4.99. The van der Waals surface area contributed by atoms with Gasteiger partial charge in [0.1, 0.15) is 11.5 Å². The third-order valence-corrected chi connectivity index (χ3v) is 6.15. The summed E-state index contributed by atoms with van der Waals surface area (Å²) in [5, 5.41) is 11.3. The molecular weight excluding hydrogens is 438 g/mol. The van der Waals surface area contributed by atoms with Gasteiger partial charge in [0.25, 0.3) is 11.7 Å². The number of rotatable bonds is 7. The number of carbonyl (C=O) groups is 2. The lowest BCUT2D eigenvalue weighted by atomic mass is 9.94. The van der Waals surface area contributed by atoms with Crippen LogP contribution in [-0.4, -0.2) is 23.4 Å². The van der Waals surface area contributed by atoms with E-state index in [1.807, 2.05) is 67.6 Å². The first-order valence-corrected chi connectivity index (χ1v) is 12.0. The van der Waals surface area contributed by atoms with Crippen molar-refractivity contribution in [2.45, 2.75) is 40.2 Å². The van der Waals surface area contributed by atoms with Crippen molar-refractivity contribution in [3.05, 3.63) is 101 Å². The van der Waals surface area contributed by atoms with Crippen molar-refractivity contribution in [2.75, 3.05) is 11.5 Å². The van der Waals surface area contributed by atoms with Gasteiger partial charge in [0.05, 0.1) is 18.2 Å². The second kappa shape index (κ2) is 10.2. The summed E-state index contributed by atoms with van der Waals surface area (Å²) >= 11 is 0. The summed E-state index contributed by atoms with van der Waals surface area (Å²) in [6.07, 6.45) is 0.863. The molecule has 1 aliphatic heterocycles. The molecular formula is C30H31NO4. The Morgan fingerprint density at radius 1 is 1.00 bits per heavy atom. The highest BCUT2D eigenvalue weighted by atomic mass is 16.5. The van der Waals surface area contributed by atoms with E-state index in [1.54, 1.807) is 12.1 Å². The zero-order chi connectivity index (χ0) is 25.1. The van der Waals surface area contributed by atoms with E-state index < -0.39 is 17.7 Å². The van der Waals surface area contributed by atoms with Crippen LogP contribution >= 0.6 is 0 Å². The molecule has 0 aromatic heterocycles. The molecule has 4 rings (SSSR count).